The Balaban J connectivity index is 2.10. The molecule has 1 atom stereocenters. The number of rotatable bonds is 4. The molecule has 0 bridgehead atoms. The number of amides is 2. The summed E-state index contributed by atoms with van der Waals surface area (Å²) >= 11 is 0. The lowest BCUT2D eigenvalue weighted by atomic mass is 10.1. The van der Waals surface area contributed by atoms with Crippen molar-refractivity contribution in [3.05, 3.63) is 41.7 Å². The van der Waals surface area contributed by atoms with E-state index in [9.17, 15) is 9.59 Å². The van der Waals surface area contributed by atoms with Gasteiger partial charge in [0.1, 0.15) is 5.69 Å². The zero-order chi connectivity index (χ0) is 15.4. The zero-order valence-corrected chi connectivity index (χ0v) is 11.8. The minimum Gasteiger partial charge on any atom is -0.396 e. The van der Waals surface area contributed by atoms with E-state index in [0.717, 1.165) is 5.56 Å². The number of carbonyl (C=O) groups is 2. The number of aromatic amines is 1. The van der Waals surface area contributed by atoms with Gasteiger partial charge in [0, 0.05) is 12.6 Å². The van der Waals surface area contributed by atoms with Gasteiger partial charge in [0.05, 0.1) is 17.9 Å². The predicted molar refractivity (Wildman–Crippen MR) is 79.6 cm³/mol. The molecule has 2 rings (SSSR count). The normalized spacial score (nSPS) is 11.7. The number of nitrogen functional groups attached to an aromatic ring is 1. The molecule has 0 radical (unpaired) electrons. The number of nitrogens with one attached hydrogen (secondary N) is 3. The Bertz CT molecular complexity index is 665. The molecular formula is C14H17N5O2. The van der Waals surface area contributed by atoms with Crippen molar-refractivity contribution in [2.24, 2.45) is 0 Å². The van der Waals surface area contributed by atoms with Crippen LogP contribution in [0.4, 0.5) is 11.4 Å². The Labute approximate surface area is 121 Å². The van der Waals surface area contributed by atoms with Crippen LogP contribution in [0.25, 0.3) is 0 Å². The Morgan fingerprint density at radius 2 is 2.14 bits per heavy atom. The summed E-state index contributed by atoms with van der Waals surface area (Å²) < 4.78 is 0. The van der Waals surface area contributed by atoms with Crippen LogP contribution in [0.3, 0.4) is 0 Å². The average Bonchev–Trinajstić information content (AvgIpc) is 2.84. The SMILES string of the molecule is CC(=O)Nc1cccc(C(C)NC(=O)c2[nH]ncc2N)c1. The summed E-state index contributed by atoms with van der Waals surface area (Å²) in [5, 5.41) is 11.8. The summed E-state index contributed by atoms with van der Waals surface area (Å²) in [6.07, 6.45) is 1.39. The van der Waals surface area contributed by atoms with E-state index >= 15 is 0 Å². The topological polar surface area (TPSA) is 113 Å². The van der Waals surface area contributed by atoms with Gasteiger partial charge in [-0.3, -0.25) is 14.7 Å². The summed E-state index contributed by atoms with van der Waals surface area (Å²) in [4.78, 5) is 23.1. The van der Waals surface area contributed by atoms with Crippen molar-refractivity contribution in [1.82, 2.24) is 15.5 Å². The fourth-order valence-corrected chi connectivity index (χ4v) is 1.92. The van der Waals surface area contributed by atoms with Crippen molar-refractivity contribution >= 4 is 23.2 Å². The van der Waals surface area contributed by atoms with Crippen molar-refractivity contribution in [3.8, 4) is 0 Å². The second kappa shape index (κ2) is 6.08. The highest BCUT2D eigenvalue weighted by molar-refractivity contribution is 5.97. The van der Waals surface area contributed by atoms with Gasteiger partial charge < -0.3 is 16.4 Å². The van der Waals surface area contributed by atoms with E-state index in [-0.39, 0.29) is 23.6 Å². The van der Waals surface area contributed by atoms with Crippen LogP contribution in [0.15, 0.2) is 30.5 Å². The summed E-state index contributed by atoms with van der Waals surface area (Å²) in [7, 11) is 0. The first-order valence-electron chi connectivity index (χ1n) is 6.44. The highest BCUT2D eigenvalue weighted by atomic mass is 16.2. The third-order valence-electron chi connectivity index (χ3n) is 2.95. The van der Waals surface area contributed by atoms with E-state index in [0.29, 0.717) is 11.4 Å². The van der Waals surface area contributed by atoms with Gasteiger partial charge in [-0.1, -0.05) is 12.1 Å². The maximum atomic E-state index is 12.0. The highest BCUT2D eigenvalue weighted by Crippen LogP contribution is 2.18. The Morgan fingerprint density at radius 1 is 1.38 bits per heavy atom. The van der Waals surface area contributed by atoms with Crippen LogP contribution < -0.4 is 16.4 Å². The van der Waals surface area contributed by atoms with Crippen molar-refractivity contribution in [2.45, 2.75) is 19.9 Å². The van der Waals surface area contributed by atoms with Crippen LogP contribution in [-0.4, -0.2) is 22.0 Å². The molecule has 7 heteroatoms. The molecule has 0 aliphatic heterocycles. The summed E-state index contributed by atoms with van der Waals surface area (Å²) in [6, 6.07) is 7.03. The molecule has 110 valence electrons. The second-order valence-electron chi connectivity index (χ2n) is 4.70. The number of nitrogens with zero attached hydrogens (tertiary/aromatic N) is 1. The second-order valence-corrected chi connectivity index (χ2v) is 4.70. The van der Waals surface area contributed by atoms with Crippen LogP contribution in [0, 0.1) is 0 Å². The minimum atomic E-state index is -0.331. The summed E-state index contributed by atoms with van der Waals surface area (Å²) in [6.45, 7) is 3.29. The average molecular weight is 287 g/mol. The molecule has 0 aliphatic carbocycles. The molecule has 0 saturated heterocycles. The van der Waals surface area contributed by atoms with Crippen molar-refractivity contribution < 1.29 is 9.59 Å². The minimum absolute atomic E-state index is 0.144. The molecule has 0 spiro atoms. The zero-order valence-electron chi connectivity index (χ0n) is 11.8. The fraction of sp³-hybridized carbons (Fsp3) is 0.214. The maximum absolute atomic E-state index is 12.0. The Morgan fingerprint density at radius 3 is 2.76 bits per heavy atom. The number of carbonyl (C=O) groups excluding carboxylic acids is 2. The smallest absolute Gasteiger partial charge is 0.271 e. The molecule has 1 aromatic heterocycles. The first kappa shape index (κ1) is 14.6. The van der Waals surface area contributed by atoms with Gasteiger partial charge in [-0.25, -0.2) is 0 Å². The molecular weight excluding hydrogens is 270 g/mol. The van der Waals surface area contributed by atoms with Gasteiger partial charge in [-0.05, 0) is 24.6 Å². The van der Waals surface area contributed by atoms with Crippen LogP contribution in [0.1, 0.15) is 35.9 Å². The van der Waals surface area contributed by atoms with Crippen molar-refractivity contribution in [1.29, 1.82) is 0 Å². The molecule has 2 aromatic rings. The quantitative estimate of drug-likeness (QED) is 0.681. The van der Waals surface area contributed by atoms with E-state index in [1.807, 2.05) is 25.1 Å². The van der Waals surface area contributed by atoms with Gasteiger partial charge in [0.15, 0.2) is 0 Å². The molecule has 0 saturated carbocycles. The van der Waals surface area contributed by atoms with Gasteiger partial charge in [-0.2, -0.15) is 5.10 Å². The van der Waals surface area contributed by atoms with Crippen LogP contribution >= 0.6 is 0 Å². The number of aromatic nitrogens is 2. The van der Waals surface area contributed by atoms with Gasteiger partial charge in [0.25, 0.3) is 5.91 Å². The lowest BCUT2D eigenvalue weighted by Crippen LogP contribution is -2.27. The molecule has 1 unspecified atom stereocenters. The fourth-order valence-electron chi connectivity index (χ4n) is 1.92. The number of hydrogen-bond donors (Lipinski definition) is 4. The van der Waals surface area contributed by atoms with E-state index in [2.05, 4.69) is 20.8 Å². The largest absolute Gasteiger partial charge is 0.396 e. The number of nitrogens with two attached hydrogens (primary N) is 1. The molecule has 5 N–H and O–H groups in total. The Kier molecular flexibility index (Phi) is 4.22. The van der Waals surface area contributed by atoms with Crippen LogP contribution in [0.2, 0.25) is 0 Å². The summed E-state index contributed by atoms with van der Waals surface area (Å²) in [5.41, 5.74) is 7.72. The Hall–Kier alpha value is -2.83. The van der Waals surface area contributed by atoms with Gasteiger partial charge in [-0.15, -0.1) is 0 Å². The number of hydrogen-bond acceptors (Lipinski definition) is 4. The van der Waals surface area contributed by atoms with E-state index < -0.39 is 0 Å². The number of benzene rings is 1. The maximum Gasteiger partial charge on any atom is 0.271 e. The molecule has 0 aliphatic rings. The number of anilines is 2. The van der Waals surface area contributed by atoms with Crippen molar-refractivity contribution in [3.63, 3.8) is 0 Å². The van der Waals surface area contributed by atoms with E-state index in [1.54, 1.807) is 6.07 Å². The highest BCUT2D eigenvalue weighted by Gasteiger charge is 2.15. The van der Waals surface area contributed by atoms with Crippen LogP contribution in [0.5, 0.6) is 0 Å². The standard InChI is InChI=1S/C14H17N5O2/c1-8(17-14(21)13-12(15)7-16-19-13)10-4-3-5-11(6-10)18-9(2)20/h3-8H,15H2,1-2H3,(H,16,19)(H,17,21)(H,18,20). The van der Waals surface area contributed by atoms with E-state index in [4.69, 9.17) is 5.73 Å². The third kappa shape index (κ3) is 3.59. The molecule has 0 fully saturated rings. The van der Waals surface area contributed by atoms with Gasteiger partial charge >= 0.3 is 0 Å². The molecule has 2 amide bonds. The summed E-state index contributed by atoms with van der Waals surface area (Å²) in [5.74, 6) is -0.475. The number of H-pyrrole nitrogens is 1. The lowest BCUT2D eigenvalue weighted by molar-refractivity contribution is -0.114. The van der Waals surface area contributed by atoms with Gasteiger partial charge in [0.2, 0.25) is 5.91 Å². The first-order valence-corrected chi connectivity index (χ1v) is 6.44. The molecule has 21 heavy (non-hydrogen) atoms. The van der Waals surface area contributed by atoms with E-state index in [1.165, 1.54) is 13.1 Å². The molecule has 1 aromatic carbocycles. The van der Waals surface area contributed by atoms with Crippen molar-refractivity contribution in [2.75, 3.05) is 11.1 Å². The lowest BCUT2D eigenvalue weighted by Gasteiger charge is -2.15. The first-order chi connectivity index (χ1) is 9.97. The monoisotopic (exact) mass is 287 g/mol. The molecule has 1 heterocycles. The third-order valence-corrected chi connectivity index (χ3v) is 2.95. The predicted octanol–water partition coefficient (Wildman–Crippen LogP) is 1.44. The van der Waals surface area contributed by atoms with Crippen LogP contribution in [-0.2, 0) is 4.79 Å². The molecule has 7 nitrogen and oxygen atoms in total.